The molecule has 5 heteroatoms. The van der Waals surface area contributed by atoms with Crippen molar-refractivity contribution in [1.29, 1.82) is 0 Å². The van der Waals surface area contributed by atoms with Crippen LogP contribution in [0.3, 0.4) is 0 Å². The Hall–Kier alpha value is -2.14. The van der Waals surface area contributed by atoms with Crippen LogP contribution in [-0.4, -0.2) is 24.1 Å². The Kier molecular flexibility index (Phi) is 4.09. The molecule has 0 saturated heterocycles. The molecular weight excluding hydrogens is 230 g/mol. The lowest BCUT2D eigenvalue weighted by Crippen LogP contribution is -2.04. The van der Waals surface area contributed by atoms with Crippen molar-refractivity contribution in [3.05, 3.63) is 42.2 Å². The van der Waals surface area contributed by atoms with Crippen LogP contribution >= 0.6 is 0 Å². The van der Waals surface area contributed by atoms with E-state index >= 15 is 0 Å². The van der Waals surface area contributed by atoms with Gasteiger partial charge in [0, 0.05) is 6.54 Å². The van der Waals surface area contributed by atoms with E-state index in [9.17, 15) is 0 Å². The molecule has 1 aromatic carbocycles. The minimum absolute atomic E-state index is 0.413. The molecule has 0 atom stereocenters. The largest absolute Gasteiger partial charge is 0.480 e. The van der Waals surface area contributed by atoms with Crippen molar-refractivity contribution in [1.82, 2.24) is 15.3 Å². The van der Waals surface area contributed by atoms with Crippen LogP contribution in [0.4, 0.5) is 0 Å². The van der Waals surface area contributed by atoms with E-state index < -0.39 is 0 Å². The lowest BCUT2D eigenvalue weighted by atomic mass is 10.2. The van der Waals surface area contributed by atoms with E-state index in [-0.39, 0.29) is 0 Å². The summed E-state index contributed by atoms with van der Waals surface area (Å²) in [7, 11) is 3.45. The lowest BCUT2D eigenvalue weighted by molar-refractivity contribution is 0.380. The van der Waals surface area contributed by atoms with Gasteiger partial charge in [0.05, 0.1) is 19.5 Å². The zero-order chi connectivity index (χ0) is 12.8. The summed E-state index contributed by atoms with van der Waals surface area (Å²) in [5.41, 5.74) is 1.20. The highest BCUT2D eigenvalue weighted by Gasteiger charge is 2.01. The molecule has 5 nitrogen and oxygen atoms in total. The van der Waals surface area contributed by atoms with E-state index in [1.165, 1.54) is 11.8 Å². The van der Waals surface area contributed by atoms with Crippen molar-refractivity contribution < 1.29 is 9.47 Å². The molecule has 1 N–H and O–H groups in total. The molecule has 1 aromatic heterocycles. The fourth-order valence-electron chi connectivity index (χ4n) is 1.48. The van der Waals surface area contributed by atoms with E-state index in [2.05, 4.69) is 15.3 Å². The summed E-state index contributed by atoms with van der Waals surface area (Å²) in [6.07, 6.45) is 3.08. The first-order valence-corrected chi connectivity index (χ1v) is 5.59. The van der Waals surface area contributed by atoms with Crippen molar-refractivity contribution in [3.8, 4) is 17.5 Å². The lowest BCUT2D eigenvalue weighted by Gasteiger charge is -2.06. The van der Waals surface area contributed by atoms with Gasteiger partial charge < -0.3 is 14.8 Å². The van der Waals surface area contributed by atoms with Gasteiger partial charge in [-0.1, -0.05) is 12.1 Å². The van der Waals surface area contributed by atoms with Crippen molar-refractivity contribution in [2.24, 2.45) is 0 Å². The van der Waals surface area contributed by atoms with E-state index in [0.29, 0.717) is 11.8 Å². The van der Waals surface area contributed by atoms with Gasteiger partial charge >= 0.3 is 0 Å². The smallest absolute Gasteiger partial charge is 0.241 e. The van der Waals surface area contributed by atoms with Gasteiger partial charge in [0.1, 0.15) is 5.75 Å². The predicted molar refractivity (Wildman–Crippen MR) is 67.9 cm³/mol. The van der Waals surface area contributed by atoms with Gasteiger partial charge in [-0.2, -0.15) is 4.98 Å². The number of nitrogens with one attached hydrogen (secondary N) is 1. The van der Waals surface area contributed by atoms with E-state index in [1.54, 1.807) is 13.3 Å². The second-order valence-corrected chi connectivity index (χ2v) is 3.68. The molecule has 0 aliphatic heterocycles. The van der Waals surface area contributed by atoms with Gasteiger partial charge in [-0.15, -0.1) is 0 Å². The molecule has 0 saturated carbocycles. The van der Waals surface area contributed by atoms with Crippen LogP contribution < -0.4 is 14.8 Å². The zero-order valence-electron chi connectivity index (χ0n) is 10.4. The molecule has 0 spiro atoms. The third-order valence-corrected chi connectivity index (χ3v) is 2.33. The molecule has 18 heavy (non-hydrogen) atoms. The normalized spacial score (nSPS) is 10.1. The van der Waals surface area contributed by atoms with E-state index in [0.717, 1.165) is 12.3 Å². The highest BCUT2D eigenvalue weighted by atomic mass is 16.5. The second kappa shape index (κ2) is 5.97. The topological polar surface area (TPSA) is 56.3 Å². The number of aromatic nitrogens is 2. The number of ether oxygens (including phenoxy) is 2. The Morgan fingerprint density at radius 3 is 2.50 bits per heavy atom. The predicted octanol–water partition coefficient (Wildman–Crippen LogP) is 2.00. The number of nitrogens with zero attached hydrogens (tertiary/aromatic N) is 2. The second-order valence-electron chi connectivity index (χ2n) is 3.68. The Labute approximate surface area is 106 Å². The maximum atomic E-state index is 5.58. The first-order valence-electron chi connectivity index (χ1n) is 5.59. The van der Waals surface area contributed by atoms with Gasteiger partial charge in [-0.3, -0.25) is 4.98 Å². The summed E-state index contributed by atoms with van der Waals surface area (Å²) in [6, 6.07) is 7.79. The van der Waals surface area contributed by atoms with Gasteiger partial charge in [0.15, 0.2) is 0 Å². The summed E-state index contributed by atoms with van der Waals surface area (Å²) >= 11 is 0. The Bertz CT molecular complexity index is 500. The quantitative estimate of drug-likeness (QED) is 0.873. The van der Waals surface area contributed by atoms with Crippen molar-refractivity contribution >= 4 is 0 Å². The average molecular weight is 245 g/mol. The number of rotatable bonds is 5. The monoisotopic (exact) mass is 245 g/mol. The summed E-state index contributed by atoms with van der Waals surface area (Å²) in [4.78, 5) is 8.10. The molecule has 2 aromatic rings. The van der Waals surface area contributed by atoms with Crippen LogP contribution in [0.5, 0.6) is 17.5 Å². The minimum Gasteiger partial charge on any atom is -0.480 e. The number of benzene rings is 1. The van der Waals surface area contributed by atoms with Crippen LogP contribution in [0.2, 0.25) is 0 Å². The molecule has 94 valence electrons. The Balaban J connectivity index is 2.08. The molecule has 0 aliphatic carbocycles. The molecule has 0 radical (unpaired) electrons. The molecule has 0 unspecified atom stereocenters. The maximum Gasteiger partial charge on any atom is 0.241 e. The molecule has 0 amide bonds. The summed E-state index contributed by atoms with van der Waals surface area (Å²) in [5, 5.41) is 3.09. The van der Waals surface area contributed by atoms with Crippen molar-refractivity contribution in [2.45, 2.75) is 6.54 Å². The van der Waals surface area contributed by atoms with Crippen LogP contribution in [0.25, 0.3) is 0 Å². The Morgan fingerprint density at radius 1 is 1.11 bits per heavy atom. The van der Waals surface area contributed by atoms with Gasteiger partial charge in [0.25, 0.3) is 0 Å². The van der Waals surface area contributed by atoms with Crippen LogP contribution in [0.15, 0.2) is 36.7 Å². The zero-order valence-corrected chi connectivity index (χ0v) is 10.4. The highest BCUT2D eigenvalue weighted by molar-refractivity contribution is 5.30. The molecule has 0 fully saturated rings. The van der Waals surface area contributed by atoms with Crippen molar-refractivity contribution in [2.75, 3.05) is 14.2 Å². The fourth-order valence-corrected chi connectivity index (χ4v) is 1.48. The maximum absolute atomic E-state index is 5.58. The third-order valence-electron chi connectivity index (χ3n) is 2.33. The van der Waals surface area contributed by atoms with Crippen LogP contribution in [-0.2, 0) is 6.54 Å². The SMILES string of the molecule is CNCc1ccc(Oc2cncc(OC)n2)cc1. The molecule has 1 heterocycles. The van der Waals surface area contributed by atoms with Crippen LogP contribution in [0.1, 0.15) is 5.56 Å². The van der Waals surface area contributed by atoms with Crippen LogP contribution in [0, 0.1) is 0 Å². The first-order chi connectivity index (χ1) is 8.81. The molecule has 0 aliphatic rings. The number of hydrogen-bond acceptors (Lipinski definition) is 5. The first kappa shape index (κ1) is 12.3. The highest BCUT2D eigenvalue weighted by Crippen LogP contribution is 2.20. The summed E-state index contributed by atoms with van der Waals surface area (Å²) < 4.78 is 10.6. The van der Waals surface area contributed by atoms with Gasteiger partial charge in [-0.25, -0.2) is 0 Å². The third kappa shape index (κ3) is 3.18. The average Bonchev–Trinajstić information content (AvgIpc) is 2.42. The van der Waals surface area contributed by atoms with Gasteiger partial charge in [-0.05, 0) is 24.7 Å². The minimum atomic E-state index is 0.413. The number of methoxy groups -OCH3 is 1. The van der Waals surface area contributed by atoms with Crippen molar-refractivity contribution in [3.63, 3.8) is 0 Å². The summed E-state index contributed by atoms with van der Waals surface area (Å²) in [6.45, 7) is 0.833. The molecule has 2 rings (SSSR count). The van der Waals surface area contributed by atoms with E-state index in [1.807, 2.05) is 31.3 Å². The van der Waals surface area contributed by atoms with Gasteiger partial charge in [0.2, 0.25) is 11.8 Å². The Morgan fingerprint density at radius 2 is 1.83 bits per heavy atom. The standard InChI is InChI=1S/C13H15N3O2/c1-14-7-10-3-5-11(6-4-10)18-13-9-15-8-12(16-13)17-2/h3-6,8-9,14H,7H2,1-2H3. The molecule has 0 bridgehead atoms. The fraction of sp³-hybridized carbons (Fsp3) is 0.231. The summed E-state index contributed by atoms with van der Waals surface area (Å²) in [5.74, 6) is 1.56. The number of hydrogen-bond donors (Lipinski definition) is 1. The van der Waals surface area contributed by atoms with E-state index in [4.69, 9.17) is 9.47 Å². The molecular formula is C13H15N3O2.